The van der Waals surface area contributed by atoms with Gasteiger partial charge in [-0.3, -0.25) is 0 Å². The maximum absolute atomic E-state index is 5.30. The van der Waals surface area contributed by atoms with Gasteiger partial charge in [-0.1, -0.05) is 11.8 Å². The molecule has 0 aliphatic carbocycles. The third kappa shape index (κ3) is 3.99. The van der Waals surface area contributed by atoms with Crippen molar-refractivity contribution in [3.63, 3.8) is 0 Å². The second-order valence-corrected chi connectivity index (χ2v) is 5.81. The van der Waals surface area contributed by atoms with Crippen molar-refractivity contribution in [1.82, 2.24) is 9.97 Å². The van der Waals surface area contributed by atoms with Gasteiger partial charge in [0.25, 0.3) is 0 Å². The number of thioether (sulfide) groups is 1. The predicted octanol–water partition coefficient (Wildman–Crippen LogP) is 2.49. The maximum atomic E-state index is 5.30. The molecule has 1 aliphatic heterocycles. The number of ether oxygens (including phenoxy) is 1. The van der Waals surface area contributed by atoms with Crippen LogP contribution >= 0.6 is 11.8 Å². The van der Waals surface area contributed by atoms with E-state index in [9.17, 15) is 0 Å². The second-order valence-electron chi connectivity index (χ2n) is 5.04. The van der Waals surface area contributed by atoms with Crippen LogP contribution in [0.25, 0.3) is 0 Å². The summed E-state index contributed by atoms with van der Waals surface area (Å²) >= 11 is 1.58. The maximum Gasteiger partial charge on any atom is 0.191 e. The molecule has 0 radical (unpaired) electrons. The Morgan fingerprint density at radius 1 is 1.50 bits per heavy atom. The molecular formula is C14H24N4OS. The third-order valence-corrected chi connectivity index (χ3v) is 4.03. The molecule has 1 aliphatic rings. The van der Waals surface area contributed by atoms with Crippen LogP contribution in [0.1, 0.15) is 19.8 Å². The van der Waals surface area contributed by atoms with Crippen molar-refractivity contribution in [2.24, 2.45) is 5.92 Å². The van der Waals surface area contributed by atoms with Crippen LogP contribution in [0.2, 0.25) is 0 Å². The minimum Gasteiger partial charge on any atom is -0.384 e. The standard InChI is InChI=1S/C14H24N4OS/c1-4-15-12-8-13(17-14(16-12)20-3)18-7-5-6-11(9-18)10-19-2/h8,11H,4-7,9-10H2,1-3H3,(H,15,16,17). The van der Waals surface area contributed by atoms with E-state index in [2.05, 4.69) is 33.2 Å². The van der Waals surface area contributed by atoms with Crippen LogP contribution in [0.3, 0.4) is 0 Å². The first kappa shape index (κ1) is 15.4. The minimum absolute atomic E-state index is 0.601. The smallest absolute Gasteiger partial charge is 0.191 e. The Morgan fingerprint density at radius 2 is 2.35 bits per heavy atom. The zero-order valence-electron chi connectivity index (χ0n) is 12.6. The molecule has 112 valence electrons. The van der Waals surface area contributed by atoms with Crippen molar-refractivity contribution >= 4 is 23.4 Å². The second kappa shape index (κ2) is 7.69. The number of hydrogen-bond donors (Lipinski definition) is 1. The van der Waals surface area contributed by atoms with Crippen LogP contribution in [0.5, 0.6) is 0 Å². The highest BCUT2D eigenvalue weighted by Gasteiger charge is 2.21. The summed E-state index contributed by atoms with van der Waals surface area (Å²) in [6.07, 6.45) is 4.45. The van der Waals surface area contributed by atoms with E-state index in [4.69, 9.17) is 4.74 Å². The molecule has 2 rings (SSSR count). The lowest BCUT2D eigenvalue weighted by atomic mass is 9.99. The number of methoxy groups -OCH3 is 1. The molecule has 1 fully saturated rings. The van der Waals surface area contributed by atoms with Gasteiger partial charge in [0.1, 0.15) is 11.6 Å². The summed E-state index contributed by atoms with van der Waals surface area (Å²) < 4.78 is 5.30. The molecule has 1 unspecified atom stereocenters. The Hall–Kier alpha value is -1.01. The molecule has 1 saturated heterocycles. The number of piperidine rings is 1. The summed E-state index contributed by atoms with van der Waals surface area (Å²) in [6.45, 7) is 5.87. The van der Waals surface area contributed by atoms with E-state index in [1.807, 2.05) is 6.26 Å². The number of nitrogens with zero attached hydrogens (tertiary/aromatic N) is 3. The Morgan fingerprint density at radius 3 is 3.05 bits per heavy atom. The van der Waals surface area contributed by atoms with Crippen LogP contribution in [-0.2, 0) is 4.74 Å². The van der Waals surface area contributed by atoms with Gasteiger partial charge < -0.3 is 15.0 Å². The minimum atomic E-state index is 0.601. The summed E-state index contributed by atoms with van der Waals surface area (Å²) in [5.41, 5.74) is 0. The zero-order chi connectivity index (χ0) is 14.4. The molecule has 0 spiro atoms. The zero-order valence-corrected chi connectivity index (χ0v) is 13.4. The van der Waals surface area contributed by atoms with Crippen LogP contribution in [0.4, 0.5) is 11.6 Å². The first-order valence-corrected chi connectivity index (χ1v) is 8.40. The molecule has 1 aromatic heterocycles. The van der Waals surface area contributed by atoms with E-state index < -0.39 is 0 Å². The normalized spacial score (nSPS) is 19.1. The van der Waals surface area contributed by atoms with Gasteiger partial charge in [0, 0.05) is 32.8 Å². The molecule has 5 nitrogen and oxygen atoms in total. The number of nitrogens with one attached hydrogen (secondary N) is 1. The molecule has 0 bridgehead atoms. The van der Waals surface area contributed by atoms with Gasteiger partial charge in [0.2, 0.25) is 0 Å². The largest absolute Gasteiger partial charge is 0.384 e. The Balaban J connectivity index is 2.15. The van der Waals surface area contributed by atoms with Crippen molar-refractivity contribution in [3.05, 3.63) is 6.07 Å². The number of hydrogen-bond acceptors (Lipinski definition) is 6. The topological polar surface area (TPSA) is 50.3 Å². The fourth-order valence-electron chi connectivity index (χ4n) is 2.58. The summed E-state index contributed by atoms with van der Waals surface area (Å²) in [7, 11) is 1.78. The summed E-state index contributed by atoms with van der Waals surface area (Å²) in [6, 6.07) is 2.05. The molecule has 2 heterocycles. The molecule has 0 amide bonds. The van der Waals surface area contributed by atoms with Crippen LogP contribution in [0, 0.1) is 5.92 Å². The number of anilines is 2. The van der Waals surface area contributed by atoms with Gasteiger partial charge in [-0.2, -0.15) is 0 Å². The number of rotatable bonds is 6. The lowest BCUT2D eigenvalue weighted by molar-refractivity contribution is 0.143. The highest BCUT2D eigenvalue weighted by atomic mass is 32.2. The first-order valence-electron chi connectivity index (χ1n) is 7.17. The van der Waals surface area contributed by atoms with Gasteiger partial charge in [0.05, 0.1) is 6.61 Å². The highest BCUT2D eigenvalue weighted by molar-refractivity contribution is 7.98. The van der Waals surface area contributed by atoms with Gasteiger partial charge in [0.15, 0.2) is 5.16 Å². The predicted molar refractivity (Wildman–Crippen MR) is 84.8 cm³/mol. The molecule has 1 N–H and O–H groups in total. The number of aromatic nitrogens is 2. The average Bonchev–Trinajstić information content (AvgIpc) is 2.48. The first-order chi connectivity index (χ1) is 9.76. The Bertz CT molecular complexity index is 428. The van der Waals surface area contributed by atoms with Crippen molar-refractivity contribution in [2.45, 2.75) is 24.9 Å². The molecule has 1 aromatic rings. The molecule has 6 heteroatoms. The van der Waals surface area contributed by atoms with Crippen molar-refractivity contribution in [2.75, 3.05) is 49.8 Å². The molecular weight excluding hydrogens is 272 g/mol. The summed E-state index contributed by atoms with van der Waals surface area (Å²) in [5, 5.41) is 4.11. The van der Waals surface area contributed by atoms with E-state index >= 15 is 0 Å². The van der Waals surface area contributed by atoms with Crippen molar-refractivity contribution in [1.29, 1.82) is 0 Å². The van der Waals surface area contributed by atoms with E-state index in [1.165, 1.54) is 12.8 Å². The average molecular weight is 296 g/mol. The molecule has 1 atom stereocenters. The van der Waals surface area contributed by atoms with Crippen LogP contribution < -0.4 is 10.2 Å². The highest BCUT2D eigenvalue weighted by Crippen LogP contribution is 2.25. The Labute approximate surface area is 125 Å². The summed E-state index contributed by atoms with van der Waals surface area (Å²) in [5.74, 6) is 2.54. The van der Waals surface area contributed by atoms with Gasteiger partial charge in [-0.25, -0.2) is 9.97 Å². The van der Waals surface area contributed by atoms with Crippen molar-refractivity contribution in [3.8, 4) is 0 Å². The quantitative estimate of drug-likeness (QED) is 0.643. The van der Waals surface area contributed by atoms with E-state index in [-0.39, 0.29) is 0 Å². The fraction of sp³-hybridized carbons (Fsp3) is 0.714. The SMILES string of the molecule is CCNc1cc(N2CCCC(COC)C2)nc(SC)n1. The fourth-order valence-corrected chi connectivity index (χ4v) is 2.96. The van der Waals surface area contributed by atoms with Gasteiger partial charge in [-0.15, -0.1) is 0 Å². The lowest BCUT2D eigenvalue weighted by Crippen LogP contribution is -2.37. The van der Waals surface area contributed by atoms with E-state index in [0.29, 0.717) is 5.92 Å². The molecule has 0 saturated carbocycles. The monoisotopic (exact) mass is 296 g/mol. The Kier molecular flexibility index (Phi) is 5.91. The van der Waals surface area contributed by atoms with E-state index in [0.717, 1.165) is 43.0 Å². The molecule has 0 aromatic carbocycles. The van der Waals surface area contributed by atoms with Gasteiger partial charge in [-0.05, 0) is 31.9 Å². The van der Waals surface area contributed by atoms with Crippen LogP contribution in [-0.4, -0.2) is 49.6 Å². The molecule has 20 heavy (non-hydrogen) atoms. The van der Waals surface area contributed by atoms with E-state index in [1.54, 1.807) is 18.9 Å². The van der Waals surface area contributed by atoms with Gasteiger partial charge >= 0.3 is 0 Å². The summed E-state index contributed by atoms with van der Waals surface area (Å²) in [4.78, 5) is 11.5. The van der Waals surface area contributed by atoms with Crippen molar-refractivity contribution < 1.29 is 4.74 Å². The van der Waals surface area contributed by atoms with Crippen LogP contribution in [0.15, 0.2) is 11.2 Å². The third-order valence-electron chi connectivity index (χ3n) is 3.48. The lowest BCUT2D eigenvalue weighted by Gasteiger charge is -2.33.